The van der Waals surface area contributed by atoms with Crippen LogP contribution in [0.1, 0.15) is 15.9 Å². The first-order valence-corrected chi connectivity index (χ1v) is 10.9. The van der Waals surface area contributed by atoms with Crippen molar-refractivity contribution in [3.05, 3.63) is 86.4 Å². The van der Waals surface area contributed by atoms with Gasteiger partial charge in [0.1, 0.15) is 0 Å². The summed E-state index contributed by atoms with van der Waals surface area (Å²) >= 11 is 11.2. The van der Waals surface area contributed by atoms with E-state index in [1.807, 2.05) is 29.2 Å². The number of nitrogens with zero attached hydrogens (tertiary/aromatic N) is 3. The topological polar surface area (TPSA) is 61.3 Å². The minimum absolute atomic E-state index is 0.0392. The van der Waals surface area contributed by atoms with Gasteiger partial charge in [-0.15, -0.1) is 6.58 Å². The molecular weight excluding hydrogens is 432 g/mol. The molecular formula is C23H23ClN4O2S. The third kappa shape index (κ3) is 4.63. The first kappa shape index (κ1) is 21.5. The molecule has 0 radical (unpaired) electrons. The van der Waals surface area contributed by atoms with E-state index in [0.29, 0.717) is 40.9 Å². The predicted molar refractivity (Wildman–Crippen MR) is 126 cm³/mol. The Morgan fingerprint density at radius 2 is 1.84 bits per heavy atom. The lowest BCUT2D eigenvalue weighted by Gasteiger charge is -2.34. The summed E-state index contributed by atoms with van der Waals surface area (Å²) in [5.41, 5.74) is 2.14. The first-order valence-electron chi connectivity index (χ1n) is 10.1. The Labute approximate surface area is 190 Å². The highest BCUT2D eigenvalue weighted by Gasteiger charge is 2.22. The van der Waals surface area contributed by atoms with E-state index in [1.165, 1.54) is 10.1 Å². The molecule has 0 saturated carbocycles. The number of allylic oxidation sites excluding steroid dienone is 1. The van der Waals surface area contributed by atoms with Crippen molar-refractivity contribution in [3.8, 4) is 0 Å². The van der Waals surface area contributed by atoms with Crippen LogP contribution in [-0.4, -0.2) is 51.4 Å². The van der Waals surface area contributed by atoms with Crippen molar-refractivity contribution < 1.29 is 4.79 Å². The second-order valence-corrected chi connectivity index (χ2v) is 8.41. The van der Waals surface area contributed by atoms with Gasteiger partial charge in [-0.05, 0) is 48.1 Å². The zero-order chi connectivity index (χ0) is 22.0. The molecule has 6 nitrogen and oxygen atoms in total. The fourth-order valence-corrected chi connectivity index (χ4v) is 4.22. The molecule has 0 spiro atoms. The Bertz CT molecular complexity index is 1240. The Morgan fingerprint density at radius 1 is 1.13 bits per heavy atom. The first-order chi connectivity index (χ1) is 15.0. The van der Waals surface area contributed by atoms with E-state index in [4.69, 9.17) is 23.8 Å². The van der Waals surface area contributed by atoms with Crippen molar-refractivity contribution in [2.24, 2.45) is 0 Å². The van der Waals surface area contributed by atoms with Gasteiger partial charge in [0, 0.05) is 49.9 Å². The molecule has 1 amide bonds. The molecule has 160 valence electrons. The number of carbonyl (C=O) groups excluding carboxylic acids is 1. The maximum Gasteiger partial charge on any atom is 0.262 e. The maximum atomic E-state index is 13.0. The molecule has 2 aromatic carbocycles. The van der Waals surface area contributed by atoms with Crippen molar-refractivity contribution in [3.63, 3.8) is 0 Å². The summed E-state index contributed by atoms with van der Waals surface area (Å²) in [6, 6.07) is 13.0. The number of carbonyl (C=O) groups is 1. The average Bonchev–Trinajstić information content (AvgIpc) is 2.78. The third-order valence-electron chi connectivity index (χ3n) is 5.52. The van der Waals surface area contributed by atoms with Gasteiger partial charge in [-0.25, -0.2) is 0 Å². The number of fused-ring (bicyclic) bond motifs is 1. The molecule has 0 aliphatic carbocycles. The van der Waals surface area contributed by atoms with Crippen LogP contribution in [0.5, 0.6) is 0 Å². The standard InChI is InChI=1S/C23H23ClN4O2S/c1-2-9-28-22(30)19-8-5-17(14-20(19)25-23(28)31)21(29)27-12-10-26(11-13-27)15-16-3-6-18(24)7-4-16/h2-8,14H,1,9-13,15H2,(H,25,31). The van der Waals surface area contributed by atoms with E-state index in [9.17, 15) is 9.59 Å². The summed E-state index contributed by atoms with van der Waals surface area (Å²) in [5.74, 6) is -0.0392. The van der Waals surface area contributed by atoms with Crippen LogP contribution < -0.4 is 5.56 Å². The second kappa shape index (κ2) is 9.18. The molecule has 3 aromatic rings. The molecule has 0 unspecified atom stereocenters. The lowest BCUT2D eigenvalue weighted by atomic mass is 10.1. The molecule has 1 aromatic heterocycles. The molecule has 0 bridgehead atoms. The molecule has 1 aliphatic heterocycles. The molecule has 1 fully saturated rings. The van der Waals surface area contributed by atoms with Crippen LogP contribution in [0.4, 0.5) is 0 Å². The van der Waals surface area contributed by atoms with Crippen LogP contribution in [0.3, 0.4) is 0 Å². The minimum Gasteiger partial charge on any atom is -0.336 e. The van der Waals surface area contributed by atoms with Crippen LogP contribution >= 0.6 is 23.8 Å². The summed E-state index contributed by atoms with van der Waals surface area (Å²) in [6.07, 6.45) is 1.63. The summed E-state index contributed by atoms with van der Waals surface area (Å²) in [7, 11) is 0. The fraction of sp³-hybridized carbons (Fsp3) is 0.261. The molecule has 0 atom stereocenters. The van der Waals surface area contributed by atoms with Gasteiger partial charge in [0.2, 0.25) is 0 Å². The molecule has 1 aliphatic rings. The Hall–Kier alpha value is -2.74. The highest BCUT2D eigenvalue weighted by atomic mass is 35.5. The number of aromatic amines is 1. The van der Waals surface area contributed by atoms with E-state index in [-0.39, 0.29) is 11.5 Å². The second-order valence-electron chi connectivity index (χ2n) is 7.59. The lowest BCUT2D eigenvalue weighted by molar-refractivity contribution is 0.0628. The number of piperazine rings is 1. The van der Waals surface area contributed by atoms with Crippen LogP contribution in [0.25, 0.3) is 10.9 Å². The van der Waals surface area contributed by atoms with Gasteiger partial charge in [0.25, 0.3) is 11.5 Å². The molecule has 8 heteroatoms. The number of aromatic nitrogens is 2. The number of amides is 1. The number of H-pyrrole nitrogens is 1. The highest BCUT2D eigenvalue weighted by molar-refractivity contribution is 7.71. The minimum atomic E-state index is -0.187. The maximum absolute atomic E-state index is 13.0. The van der Waals surface area contributed by atoms with E-state index < -0.39 is 0 Å². The van der Waals surface area contributed by atoms with E-state index in [0.717, 1.165) is 24.7 Å². The van der Waals surface area contributed by atoms with Gasteiger partial charge >= 0.3 is 0 Å². The van der Waals surface area contributed by atoms with Crippen LogP contribution in [0, 0.1) is 4.77 Å². The van der Waals surface area contributed by atoms with Gasteiger partial charge < -0.3 is 9.88 Å². The van der Waals surface area contributed by atoms with Crippen LogP contribution in [0.15, 0.2) is 59.9 Å². The number of rotatable bonds is 5. The number of hydrogen-bond donors (Lipinski definition) is 1. The van der Waals surface area contributed by atoms with Gasteiger partial charge in [0.15, 0.2) is 4.77 Å². The predicted octanol–water partition coefficient (Wildman–Crippen LogP) is 3.86. The van der Waals surface area contributed by atoms with Crippen molar-refractivity contribution >= 4 is 40.6 Å². The summed E-state index contributed by atoms with van der Waals surface area (Å²) in [4.78, 5) is 32.9. The van der Waals surface area contributed by atoms with Crippen LogP contribution in [0.2, 0.25) is 5.02 Å². The number of halogens is 1. The van der Waals surface area contributed by atoms with Gasteiger partial charge in [-0.2, -0.15) is 0 Å². The lowest BCUT2D eigenvalue weighted by Crippen LogP contribution is -2.48. The fourth-order valence-electron chi connectivity index (χ4n) is 3.82. The van der Waals surface area contributed by atoms with Gasteiger partial charge in [-0.3, -0.25) is 19.1 Å². The van der Waals surface area contributed by atoms with Crippen molar-refractivity contribution in [2.45, 2.75) is 13.1 Å². The molecule has 31 heavy (non-hydrogen) atoms. The summed E-state index contributed by atoms with van der Waals surface area (Å²) in [6.45, 7) is 7.75. The van der Waals surface area contributed by atoms with Crippen molar-refractivity contribution in [2.75, 3.05) is 26.2 Å². The Balaban J connectivity index is 1.46. The highest BCUT2D eigenvalue weighted by Crippen LogP contribution is 2.16. The third-order valence-corrected chi connectivity index (χ3v) is 6.09. The van der Waals surface area contributed by atoms with E-state index in [1.54, 1.807) is 24.3 Å². The van der Waals surface area contributed by atoms with Gasteiger partial charge in [-0.1, -0.05) is 29.8 Å². The Kier molecular flexibility index (Phi) is 6.36. The smallest absolute Gasteiger partial charge is 0.262 e. The van der Waals surface area contributed by atoms with Crippen LogP contribution in [-0.2, 0) is 13.1 Å². The Morgan fingerprint density at radius 3 is 2.52 bits per heavy atom. The van der Waals surface area contributed by atoms with Crippen molar-refractivity contribution in [1.29, 1.82) is 0 Å². The molecule has 1 saturated heterocycles. The zero-order valence-electron chi connectivity index (χ0n) is 17.0. The van der Waals surface area contributed by atoms with Gasteiger partial charge in [0.05, 0.1) is 10.9 Å². The number of nitrogens with one attached hydrogen (secondary N) is 1. The summed E-state index contributed by atoms with van der Waals surface area (Å²) in [5, 5.41) is 1.23. The monoisotopic (exact) mass is 454 g/mol. The van der Waals surface area contributed by atoms with E-state index >= 15 is 0 Å². The summed E-state index contributed by atoms with van der Waals surface area (Å²) < 4.78 is 1.77. The quantitative estimate of drug-likeness (QED) is 0.469. The van der Waals surface area contributed by atoms with E-state index in [2.05, 4.69) is 16.5 Å². The molecule has 1 N–H and O–H groups in total. The number of benzene rings is 2. The zero-order valence-corrected chi connectivity index (χ0v) is 18.6. The molecule has 2 heterocycles. The number of hydrogen-bond acceptors (Lipinski definition) is 4. The normalized spacial score (nSPS) is 14.7. The largest absolute Gasteiger partial charge is 0.336 e. The SMILES string of the molecule is C=CCn1c(=S)[nH]c2cc(C(=O)N3CCN(Cc4ccc(Cl)cc4)CC3)ccc2c1=O. The van der Waals surface area contributed by atoms with Crippen molar-refractivity contribution in [1.82, 2.24) is 19.4 Å². The average molecular weight is 455 g/mol. The molecule has 4 rings (SSSR count).